The summed E-state index contributed by atoms with van der Waals surface area (Å²) >= 11 is 3.41. The van der Waals surface area contributed by atoms with E-state index in [1.165, 1.54) is 0 Å². The Hall–Kier alpha value is -1.36. The molecule has 0 aliphatic heterocycles. The minimum Gasteiger partial charge on any atom is -0.481 e. The van der Waals surface area contributed by atoms with Gasteiger partial charge in [-0.2, -0.15) is 0 Å². The van der Waals surface area contributed by atoms with E-state index in [2.05, 4.69) is 21.2 Å². The SMILES string of the molecule is Cc1cccc(C(=O)NC2CCCC2(C)C(=O)O)c1Br. The van der Waals surface area contributed by atoms with Crippen molar-refractivity contribution < 1.29 is 14.7 Å². The molecule has 0 radical (unpaired) electrons. The summed E-state index contributed by atoms with van der Waals surface area (Å²) in [6, 6.07) is 5.15. The second-order valence-corrected chi connectivity index (χ2v) is 6.37. The largest absolute Gasteiger partial charge is 0.481 e. The monoisotopic (exact) mass is 339 g/mol. The molecule has 20 heavy (non-hydrogen) atoms. The van der Waals surface area contributed by atoms with Crippen molar-refractivity contribution in [3.8, 4) is 0 Å². The maximum Gasteiger partial charge on any atom is 0.311 e. The van der Waals surface area contributed by atoms with Crippen molar-refractivity contribution in [2.75, 3.05) is 0 Å². The van der Waals surface area contributed by atoms with Gasteiger partial charge in [0.15, 0.2) is 0 Å². The Morgan fingerprint density at radius 2 is 2.15 bits per heavy atom. The zero-order chi connectivity index (χ0) is 14.9. The number of aryl methyl sites for hydroxylation is 1. The Balaban J connectivity index is 2.20. The van der Waals surface area contributed by atoms with Crippen molar-refractivity contribution >= 4 is 27.8 Å². The highest BCUT2D eigenvalue weighted by Gasteiger charge is 2.46. The van der Waals surface area contributed by atoms with Crippen LogP contribution in [0.15, 0.2) is 22.7 Å². The summed E-state index contributed by atoms with van der Waals surface area (Å²) in [4.78, 5) is 23.8. The van der Waals surface area contributed by atoms with Crippen molar-refractivity contribution in [3.05, 3.63) is 33.8 Å². The Morgan fingerprint density at radius 3 is 2.80 bits per heavy atom. The van der Waals surface area contributed by atoms with Crippen molar-refractivity contribution in [3.63, 3.8) is 0 Å². The number of carbonyl (C=O) groups is 2. The molecule has 1 amide bonds. The van der Waals surface area contributed by atoms with Gasteiger partial charge in [0.25, 0.3) is 5.91 Å². The van der Waals surface area contributed by atoms with Crippen LogP contribution in [0.25, 0.3) is 0 Å². The fourth-order valence-corrected chi connectivity index (χ4v) is 3.16. The van der Waals surface area contributed by atoms with Gasteiger partial charge in [-0.25, -0.2) is 0 Å². The van der Waals surface area contributed by atoms with Crippen LogP contribution in [0.1, 0.15) is 42.1 Å². The molecule has 2 atom stereocenters. The fraction of sp³-hybridized carbons (Fsp3) is 0.467. The van der Waals surface area contributed by atoms with Crippen LogP contribution in [-0.4, -0.2) is 23.0 Å². The second kappa shape index (κ2) is 5.56. The van der Waals surface area contributed by atoms with Crippen LogP contribution < -0.4 is 5.32 Å². The number of rotatable bonds is 3. The van der Waals surface area contributed by atoms with Crippen LogP contribution >= 0.6 is 15.9 Å². The van der Waals surface area contributed by atoms with E-state index in [1.54, 1.807) is 13.0 Å². The summed E-state index contributed by atoms with van der Waals surface area (Å²) < 4.78 is 0.757. The molecule has 2 N–H and O–H groups in total. The van der Waals surface area contributed by atoms with Crippen molar-refractivity contribution in [1.82, 2.24) is 5.32 Å². The predicted octanol–water partition coefficient (Wildman–Crippen LogP) is 3.13. The number of carbonyl (C=O) groups excluding carboxylic acids is 1. The molecule has 0 saturated heterocycles. The predicted molar refractivity (Wildman–Crippen MR) is 79.7 cm³/mol. The van der Waals surface area contributed by atoms with Crippen molar-refractivity contribution in [1.29, 1.82) is 0 Å². The third kappa shape index (κ3) is 2.59. The molecule has 0 bridgehead atoms. The van der Waals surface area contributed by atoms with Gasteiger partial charge < -0.3 is 10.4 Å². The highest BCUT2D eigenvalue weighted by molar-refractivity contribution is 9.10. The first kappa shape index (κ1) is 15.0. The molecule has 5 heteroatoms. The van der Waals surface area contributed by atoms with Crippen LogP contribution in [0.2, 0.25) is 0 Å². The van der Waals surface area contributed by atoms with Gasteiger partial charge in [-0.15, -0.1) is 0 Å². The molecular formula is C15H18BrNO3. The van der Waals surface area contributed by atoms with E-state index >= 15 is 0 Å². The Bertz CT molecular complexity index is 558. The van der Waals surface area contributed by atoms with E-state index in [-0.39, 0.29) is 11.9 Å². The average Bonchev–Trinajstić information content (AvgIpc) is 2.75. The van der Waals surface area contributed by atoms with E-state index < -0.39 is 11.4 Å². The molecule has 0 spiro atoms. The van der Waals surface area contributed by atoms with E-state index in [9.17, 15) is 14.7 Å². The summed E-state index contributed by atoms with van der Waals surface area (Å²) in [5, 5.41) is 12.2. The lowest BCUT2D eigenvalue weighted by Crippen LogP contribution is -2.47. The second-order valence-electron chi connectivity index (χ2n) is 5.58. The van der Waals surface area contributed by atoms with Gasteiger partial charge in [0.05, 0.1) is 11.0 Å². The lowest BCUT2D eigenvalue weighted by Gasteiger charge is -2.27. The summed E-state index contributed by atoms with van der Waals surface area (Å²) in [5.41, 5.74) is 0.654. The normalized spacial score (nSPS) is 25.4. The molecule has 1 saturated carbocycles. The maximum atomic E-state index is 12.4. The minimum absolute atomic E-state index is 0.222. The molecule has 1 aromatic carbocycles. The van der Waals surface area contributed by atoms with Crippen LogP contribution in [0.5, 0.6) is 0 Å². The van der Waals surface area contributed by atoms with Gasteiger partial charge >= 0.3 is 5.97 Å². The molecule has 108 valence electrons. The lowest BCUT2D eigenvalue weighted by molar-refractivity contribution is -0.148. The number of carboxylic acid groups (broad SMARTS) is 1. The van der Waals surface area contributed by atoms with Crippen LogP contribution in [-0.2, 0) is 4.79 Å². The van der Waals surface area contributed by atoms with Gasteiger partial charge in [-0.1, -0.05) is 18.6 Å². The fourth-order valence-electron chi connectivity index (χ4n) is 2.71. The molecule has 1 aliphatic rings. The van der Waals surface area contributed by atoms with E-state index in [0.717, 1.165) is 16.5 Å². The number of benzene rings is 1. The Labute approximate surface area is 126 Å². The third-order valence-electron chi connectivity index (χ3n) is 4.19. The number of halogens is 1. The zero-order valence-corrected chi connectivity index (χ0v) is 13.2. The molecule has 1 aromatic rings. The quantitative estimate of drug-likeness (QED) is 0.888. The van der Waals surface area contributed by atoms with Gasteiger partial charge in [0.2, 0.25) is 0 Å². The molecular weight excluding hydrogens is 322 g/mol. The number of carboxylic acids is 1. The van der Waals surface area contributed by atoms with Crippen LogP contribution in [0.3, 0.4) is 0 Å². The van der Waals surface area contributed by atoms with Crippen LogP contribution in [0, 0.1) is 12.3 Å². The first-order chi connectivity index (χ1) is 9.36. The van der Waals surface area contributed by atoms with Gasteiger partial charge in [-0.3, -0.25) is 9.59 Å². The highest BCUT2D eigenvalue weighted by atomic mass is 79.9. The molecule has 0 aromatic heterocycles. The number of nitrogens with one attached hydrogen (secondary N) is 1. The highest BCUT2D eigenvalue weighted by Crippen LogP contribution is 2.38. The summed E-state index contributed by atoms with van der Waals surface area (Å²) in [6.07, 6.45) is 2.13. The average molecular weight is 340 g/mol. The summed E-state index contributed by atoms with van der Waals surface area (Å²) in [5.74, 6) is -1.07. The summed E-state index contributed by atoms with van der Waals surface area (Å²) in [6.45, 7) is 3.62. The summed E-state index contributed by atoms with van der Waals surface area (Å²) in [7, 11) is 0. The molecule has 2 rings (SSSR count). The Kier molecular flexibility index (Phi) is 4.18. The number of hydrogen-bond donors (Lipinski definition) is 2. The van der Waals surface area contributed by atoms with Gasteiger partial charge in [0, 0.05) is 10.5 Å². The van der Waals surface area contributed by atoms with E-state index in [1.807, 2.05) is 19.1 Å². The van der Waals surface area contributed by atoms with Gasteiger partial charge in [-0.05, 0) is 54.2 Å². The number of aliphatic carboxylic acids is 1. The maximum absolute atomic E-state index is 12.4. The molecule has 2 unspecified atom stereocenters. The molecule has 1 fully saturated rings. The first-order valence-electron chi connectivity index (χ1n) is 6.65. The van der Waals surface area contributed by atoms with Crippen molar-refractivity contribution in [2.45, 2.75) is 39.2 Å². The topological polar surface area (TPSA) is 66.4 Å². The van der Waals surface area contributed by atoms with Crippen LogP contribution in [0.4, 0.5) is 0 Å². The van der Waals surface area contributed by atoms with E-state index in [0.29, 0.717) is 18.4 Å². The smallest absolute Gasteiger partial charge is 0.311 e. The standard InChI is InChI=1S/C15H18BrNO3/c1-9-5-3-6-10(12(9)16)13(18)17-11-7-4-8-15(11,2)14(19)20/h3,5-6,11H,4,7-8H2,1-2H3,(H,17,18)(H,19,20). The minimum atomic E-state index is -0.869. The third-order valence-corrected chi connectivity index (χ3v) is 5.24. The molecule has 1 aliphatic carbocycles. The number of hydrogen-bond acceptors (Lipinski definition) is 2. The number of amides is 1. The zero-order valence-electron chi connectivity index (χ0n) is 11.6. The Morgan fingerprint density at radius 1 is 1.45 bits per heavy atom. The molecule has 0 heterocycles. The first-order valence-corrected chi connectivity index (χ1v) is 7.45. The van der Waals surface area contributed by atoms with E-state index in [4.69, 9.17) is 0 Å². The molecule has 4 nitrogen and oxygen atoms in total. The lowest BCUT2D eigenvalue weighted by atomic mass is 9.85. The van der Waals surface area contributed by atoms with Crippen molar-refractivity contribution in [2.24, 2.45) is 5.41 Å². The van der Waals surface area contributed by atoms with Gasteiger partial charge in [0.1, 0.15) is 0 Å².